The van der Waals surface area contributed by atoms with Crippen molar-refractivity contribution < 1.29 is 0 Å². The average Bonchev–Trinajstić information content (AvgIpc) is 3.92. The molecule has 13 aromatic rings. The van der Waals surface area contributed by atoms with Gasteiger partial charge in [-0.05, 0) is 76.1 Å². The first-order valence-electron chi connectivity index (χ1n) is 19.5. The zero-order valence-corrected chi connectivity index (χ0v) is 31.5. The summed E-state index contributed by atoms with van der Waals surface area (Å²) in [5, 5.41) is 15.0. The molecule has 3 nitrogen and oxygen atoms in total. The Morgan fingerprint density at radius 3 is 1.75 bits per heavy atom. The maximum absolute atomic E-state index is 5.51. The molecule has 0 aliphatic rings. The van der Waals surface area contributed by atoms with Crippen LogP contribution in [0.4, 0.5) is 0 Å². The van der Waals surface area contributed by atoms with Crippen molar-refractivity contribution in [2.75, 3.05) is 0 Å². The minimum absolute atomic E-state index is 1.00. The van der Waals surface area contributed by atoms with Crippen molar-refractivity contribution >= 4 is 108 Å². The van der Waals surface area contributed by atoms with Crippen LogP contribution in [-0.4, -0.2) is 14.1 Å². The molecule has 0 unspecified atom stereocenters. The molecule has 0 aliphatic heterocycles. The van der Waals surface area contributed by atoms with Crippen molar-refractivity contribution in [3.63, 3.8) is 0 Å². The molecule has 264 valence electrons. The van der Waals surface area contributed by atoms with Crippen LogP contribution in [-0.2, 0) is 0 Å². The summed E-state index contributed by atoms with van der Waals surface area (Å²) in [4.78, 5) is 6.76. The lowest BCUT2D eigenvalue weighted by Gasteiger charge is -2.17. The third-order valence-electron chi connectivity index (χ3n) is 12.0. The van der Waals surface area contributed by atoms with E-state index in [1.165, 1.54) is 90.7 Å². The number of nitrogens with zero attached hydrogens (tertiary/aromatic N) is 3. The summed E-state index contributed by atoms with van der Waals surface area (Å²) in [5.74, 6) is 0. The van der Waals surface area contributed by atoms with E-state index in [4.69, 9.17) is 4.98 Å². The van der Waals surface area contributed by atoms with Gasteiger partial charge in [-0.2, -0.15) is 0 Å². The number of fused-ring (bicyclic) bond motifs is 16. The highest BCUT2D eigenvalue weighted by atomic mass is 32.1. The van der Waals surface area contributed by atoms with Gasteiger partial charge in [-0.15, -0.1) is 11.3 Å². The molecular formula is C53H31N3S. The molecule has 0 N–H and O–H groups in total. The summed E-state index contributed by atoms with van der Waals surface area (Å²) in [6, 6.07) is 68.7. The molecule has 9 aromatic carbocycles. The van der Waals surface area contributed by atoms with Gasteiger partial charge in [0.05, 0.1) is 27.8 Å². The summed E-state index contributed by atoms with van der Waals surface area (Å²) in [5.41, 5.74) is 9.02. The highest BCUT2D eigenvalue weighted by Crippen LogP contribution is 2.47. The van der Waals surface area contributed by atoms with Crippen LogP contribution < -0.4 is 0 Å². The minimum Gasteiger partial charge on any atom is -0.309 e. The predicted molar refractivity (Wildman–Crippen MR) is 244 cm³/mol. The number of thiophene rings is 1. The fourth-order valence-electron chi connectivity index (χ4n) is 9.69. The van der Waals surface area contributed by atoms with Crippen molar-refractivity contribution in [2.45, 2.75) is 0 Å². The Morgan fingerprint density at radius 1 is 0.351 bits per heavy atom. The Hall–Kier alpha value is -7.27. The average molecular weight is 742 g/mol. The van der Waals surface area contributed by atoms with E-state index in [1.54, 1.807) is 0 Å². The first-order chi connectivity index (χ1) is 28.3. The lowest BCUT2D eigenvalue weighted by molar-refractivity contribution is 1.18. The van der Waals surface area contributed by atoms with Gasteiger partial charge in [0.15, 0.2) is 0 Å². The zero-order chi connectivity index (χ0) is 37.2. The SMILES string of the molecule is c1ccc(-n2c3ccccc3c3cc4c(cc32)c2c3ccccc3sc2n4-c2cccc(-c3nc4ccccc4c4c5ccccc5c5ccccc5c34)c2)cc1. The molecule has 0 aliphatic carbocycles. The van der Waals surface area contributed by atoms with Crippen LogP contribution in [0.5, 0.6) is 0 Å². The van der Waals surface area contributed by atoms with Gasteiger partial charge in [-0.1, -0.05) is 133 Å². The number of hydrogen-bond donors (Lipinski definition) is 0. The molecule has 4 aromatic heterocycles. The minimum atomic E-state index is 1.00. The van der Waals surface area contributed by atoms with E-state index in [0.717, 1.165) is 28.1 Å². The Morgan fingerprint density at radius 2 is 0.947 bits per heavy atom. The van der Waals surface area contributed by atoms with Gasteiger partial charge in [0.2, 0.25) is 0 Å². The second kappa shape index (κ2) is 11.6. The van der Waals surface area contributed by atoms with Crippen LogP contribution in [0, 0.1) is 0 Å². The maximum Gasteiger partial charge on any atom is 0.109 e. The van der Waals surface area contributed by atoms with Crippen LogP contribution in [0.1, 0.15) is 0 Å². The van der Waals surface area contributed by atoms with Crippen molar-refractivity contribution in [1.82, 2.24) is 14.1 Å². The van der Waals surface area contributed by atoms with Gasteiger partial charge < -0.3 is 9.13 Å². The summed E-state index contributed by atoms with van der Waals surface area (Å²) < 4.78 is 6.22. The fraction of sp³-hybridized carbons (Fsp3) is 0. The lowest BCUT2D eigenvalue weighted by atomic mass is 9.90. The van der Waals surface area contributed by atoms with E-state index >= 15 is 0 Å². The summed E-state index contributed by atoms with van der Waals surface area (Å²) in [6.45, 7) is 0. The number of aromatic nitrogens is 3. The van der Waals surface area contributed by atoms with E-state index in [1.807, 2.05) is 11.3 Å². The van der Waals surface area contributed by atoms with E-state index in [2.05, 4.69) is 197 Å². The van der Waals surface area contributed by atoms with Crippen molar-refractivity contribution in [1.29, 1.82) is 0 Å². The Labute approximate surface area is 330 Å². The molecule has 4 heteroatoms. The number of rotatable bonds is 3. The topological polar surface area (TPSA) is 22.8 Å². The van der Waals surface area contributed by atoms with Gasteiger partial charge in [0.1, 0.15) is 4.83 Å². The number of pyridine rings is 1. The first-order valence-corrected chi connectivity index (χ1v) is 20.3. The highest BCUT2D eigenvalue weighted by molar-refractivity contribution is 7.25. The highest BCUT2D eigenvalue weighted by Gasteiger charge is 2.23. The molecule has 0 bridgehead atoms. The molecule has 0 spiro atoms. The van der Waals surface area contributed by atoms with Crippen LogP contribution in [0.3, 0.4) is 0 Å². The zero-order valence-electron chi connectivity index (χ0n) is 30.6. The lowest BCUT2D eigenvalue weighted by Crippen LogP contribution is -1.96. The van der Waals surface area contributed by atoms with Crippen molar-refractivity contribution in [3.05, 3.63) is 188 Å². The smallest absolute Gasteiger partial charge is 0.109 e. The molecule has 0 radical (unpaired) electrons. The predicted octanol–water partition coefficient (Wildman–Crippen LogP) is 14.8. The van der Waals surface area contributed by atoms with Crippen molar-refractivity contribution in [2.24, 2.45) is 0 Å². The van der Waals surface area contributed by atoms with Gasteiger partial charge in [-0.3, -0.25) is 0 Å². The van der Waals surface area contributed by atoms with Crippen LogP contribution in [0.15, 0.2) is 188 Å². The molecule has 0 atom stereocenters. The number of benzene rings is 9. The van der Waals surface area contributed by atoms with E-state index in [0.29, 0.717) is 0 Å². The summed E-state index contributed by atoms with van der Waals surface area (Å²) in [7, 11) is 0. The molecule has 4 heterocycles. The Bertz CT molecular complexity index is 3810. The molecular weight excluding hydrogens is 711 g/mol. The van der Waals surface area contributed by atoms with E-state index in [-0.39, 0.29) is 0 Å². The first kappa shape index (κ1) is 31.0. The summed E-state index contributed by atoms with van der Waals surface area (Å²) >= 11 is 1.87. The molecule has 0 saturated carbocycles. The summed E-state index contributed by atoms with van der Waals surface area (Å²) in [6.07, 6.45) is 0. The molecule has 0 saturated heterocycles. The normalized spacial score (nSPS) is 12.2. The van der Waals surface area contributed by atoms with Gasteiger partial charge in [-0.25, -0.2) is 4.98 Å². The van der Waals surface area contributed by atoms with Crippen LogP contribution in [0.2, 0.25) is 0 Å². The second-order valence-electron chi connectivity index (χ2n) is 15.1. The van der Waals surface area contributed by atoms with E-state index < -0.39 is 0 Å². The largest absolute Gasteiger partial charge is 0.309 e. The monoisotopic (exact) mass is 741 g/mol. The van der Waals surface area contributed by atoms with Crippen LogP contribution >= 0.6 is 11.3 Å². The van der Waals surface area contributed by atoms with Crippen LogP contribution in [0.25, 0.3) is 119 Å². The Kier molecular flexibility index (Phi) is 6.32. The second-order valence-corrected chi connectivity index (χ2v) is 16.1. The molecule has 13 rings (SSSR count). The van der Waals surface area contributed by atoms with Crippen molar-refractivity contribution in [3.8, 4) is 22.6 Å². The number of hydrogen-bond acceptors (Lipinski definition) is 2. The molecule has 0 fully saturated rings. The standard InChI is InChI=1S/C53H31N3S/c1-2-16-33(17-3-1)55-45-27-12-9-21-37(45)42-30-47-43(31-46(42)55)50-41-25-10-13-28-48(41)57-53(50)56(47)34-18-14-15-32(29-34)52-51-39-23-7-5-20-36(39)35-19-4-6-22-38(35)49(51)40-24-8-11-26-44(40)54-52/h1-31H. The maximum atomic E-state index is 5.51. The Balaban J connectivity index is 1.15. The fourth-order valence-corrected chi connectivity index (χ4v) is 10.9. The van der Waals surface area contributed by atoms with Gasteiger partial charge in [0, 0.05) is 64.7 Å². The number of para-hydroxylation sites is 3. The third kappa shape index (κ3) is 4.28. The van der Waals surface area contributed by atoms with Gasteiger partial charge >= 0.3 is 0 Å². The molecule has 0 amide bonds. The molecule has 57 heavy (non-hydrogen) atoms. The quantitative estimate of drug-likeness (QED) is 0.165. The third-order valence-corrected chi connectivity index (χ3v) is 13.2. The van der Waals surface area contributed by atoms with E-state index in [9.17, 15) is 0 Å². The van der Waals surface area contributed by atoms with Gasteiger partial charge in [0.25, 0.3) is 0 Å².